The van der Waals surface area contributed by atoms with Crippen LogP contribution in [0.1, 0.15) is 18.9 Å². The molecular weight excluding hydrogens is 180 g/mol. The number of rotatable bonds is 1. The maximum Gasteiger partial charge on any atom is 0.314 e. The van der Waals surface area contributed by atoms with Gasteiger partial charge in [-0.3, -0.25) is 4.79 Å². The van der Waals surface area contributed by atoms with E-state index in [4.69, 9.17) is 4.74 Å². The molecule has 74 valence electrons. The summed E-state index contributed by atoms with van der Waals surface area (Å²) in [5.74, 6) is 0.573. The highest BCUT2D eigenvalue weighted by Crippen LogP contribution is 2.31. The number of aromatic hydroxyl groups is 1. The van der Waals surface area contributed by atoms with E-state index in [0.29, 0.717) is 12.2 Å². The molecule has 0 spiro atoms. The van der Waals surface area contributed by atoms with Crippen molar-refractivity contribution in [3.8, 4) is 11.5 Å². The van der Waals surface area contributed by atoms with Crippen LogP contribution in [-0.2, 0) is 11.2 Å². The molecule has 3 heteroatoms. The summed E-state index contributed by atoms with van der Waals surface area (Å²) in [5.41, 5.74) is 0.913. The first-order chi connectivity index (χ1) is 6.70. The van der Waals surface area contributed by atoms with Crippen molar-refractivity contribution < 1.29 is 14.6 Å². The van der Waals surface area contributed by atoms with E-state index < -0.39 is 0 Å². The maximum absolute atomic E-state index is 11.4. The van der Waals surface area contributed by atoms with Crippen LogP contribution in [0.5, 0.6) is 11.5 Å². The molecule has 14 heavy (non-hydrogen) atoms. The molecule has 3 nitrogen and oxygen atoms in total. The van der Waals surface area contributed by atoms with E-state index in [-0.39, 0.29) is 17.6 Å². The van der Waals surface area contributed by atoms with Crippen molar-refractivity contribution in [3.05, 3.63) is 23.8 Å². The number of esters is 1. The van der Waals surface area contributed by atoms with Crippen LogP contribution in [-0.4, -0.2) is 11.1 Å². The Morgan fingerprint density at radius 2 is 2.36 bits per heavy atom. The lowest BCUT2D eigenvalue weighted by atomic mass is 9.94. The largest absolute Gasteiger partial charge is 0.508 e. The average molecular weight is 192 g/mol. The maximum atomic E-state index is 11.4. The lowest BCUT2D eigenvalue weighted by molar-refractivity contribution is -0.140. The molecule has 0 saturated heterocycles. The lowest BCUT2D eigenvalue weighted by Crippen LogP contribution is -2.26. The Morgan fingerprint density at radius 1 is 1.57 bits per heavy atom. The normalized spacial score (nSPS) is 20.1. The number of hydrogen-bond donors (Lipinski definition) is 1. The van der Waals surface area contributed by atoms with Crippen LogP contribution in [0, 0.1) is 5.92 Å². The molecule has 1 aliphatic rings. The van der Waals surface area contributed by atoms with E-state index in [0.717, 1.165) is 12.0 Å². The van der Waals surface area contributed by atoms with Gasteiger partial charge in [0.2, 0.25) is 0 Å². The first-order valence-corrected chi connectivity index (χ1v) is 4.74. The van der Waals surface area contributed by atoms with E-state index in [1.54, 1.807) is 12.1 Å². The monoisotopic (exact) mass is 192 g/mol. The van der Waals surface area contributed by atoms with Crippen molar-refractivity contribution in [1.82, 2.24) is 0 Å². The molecule has 1 aromatic rings. The van der Waals surface area contributed by atoms with Gasteiger partial charge in [-0.25, -0.2) is 0 Å². The molecule has 0 aliphatic carbocycles. The van der Waals surface area contributed by atoms with Gasteiger partial charge in [0.15, 0.2) is 0 Å². The fourth-order valence-electron chi connectivity index (χ4n) is 1.68. The fourth-order valence-corrected chi connectivity index (χ4v) is 1.68. The van der Waals surface area contributed by atoms with Gasteiger partial charge in [0.1, 0.15) is 11.5 Å². The summed E-state index contributed by atoms with van der Waals surface area (Å²) >= 11 is 0. The van der Waals surface area contributed by atoms with Gasteiger partial charge in [-0.15, -0.1) is 0 Å². The highest BCUT2D eigenvalue weighted by molar-refractivity contribution is 5.78. The minimum atomic E-state index is -0.161. The van der Waals surface area contributed by atoms with Crippen LogP contribution < -0.4 is 4.74 Å². The molecule has 1 heterocycles. The van der Waals surface area contributed by atoms with Gasteiger partial charge in [-0.2, -0.15) is 0 Å². The molecule has 1 atom stereocenters. The summed E-state index contributed by atoms with van der Waals surface area (Å²) in [6.07, 6.45) is 1.44. The third-order valence-electron chi connectivity index (χ3n) is 2.55. The van der Waals surface area contributed by atoms with Crippen LogP contribution in [0.4, 0.5) is 0 Å². The molecule has 1 aliphatic heterocycles. The van der Waals surface area contributed by atoms with E-state index >= 15 is 0 Å². The molecular formula is C11H12O3. The number of phenols is 1. The Morgan fingerprint density at radius 3 is 3.07 bits per heavy atom. The summed E-state index contributed by atoms with van der Waals surface area (Å²) in [7, 11) is 0. The van der Waals surface area contributed by atoms with Crippen LogP contribution in [0.3, 0.4) is 0 Å². The van der Waals surface area contributed by atoms with Crippen molar-refractivity contribution in [1.29, 1.82) is 0 Å². The summed E-state index contributed by atoms with van der Waals surface area (Å²) in [5, 5.41) is 9.27. The topological polar surface area (TPSA) is 46.5 Å². The Kier molecular flexibility index (Phi) is 2.15. The molecule has 0 aromatic heterocycles. The molecule has 0 radical (unpaired) electrons. The number of carbonyl (C=O) groups is 1. The summed E-state index contributed by atoms with van der Waals surface area (Å²) in [6, 6.07) is 4.82. The zero-order chi connectivity index (χ0) is 10.1. The molecule has 0 saturated carbocycles. The van der Waals surface area contributed by atoms with Crippen molar-refractivity contribution in [2.24, 2.45) is 5.92 Å². The molecule has 0 fully saturated rings. The molecule has 0 amide bonds. The second-order valence-electron chi connectivity index (χ2n) is 3.52. The van der Waals surface area contributed by atoms with Gasteiger partial charge >= 0.3 is 5.97 Å². The highest BCUT2D eigenvalue weighted by Gasteiger charge is 2.26. The standard InChI is InChI=1S/C11H12O3/c1-2-7-5-8-6-9(12)3-4-10(8)14-11(7)13/h3-4,6-7,12H,2,5H2,1H3. The molecule has 1 N–H and O–H groups in total. The van der Waals surface area contributed by atoms with E-state index in [1.807, 2.05) is 6.92 Å². The zero-order valence-electron chi connectivity index (χ0n) is 7.99. The van der Waals surface area contributed by atoms with E-state index in [2.05, 4.69) is 0 Å². The zero-order valence-corrected chi connectivity index (χ0v) is 7.99. The number of carbonyl (C=O) groups excluding carboxylic acids is 1. The Labute approximate surface area is 82.3 Å². The Hall–Kier alpha value is -1.51. The fraction of sp³-hybridized carbons (Fsp3) is 0.364. The van der Waals surface area contributed by atoms with Gasteiger partial charge in [0.05, 0.1) is 5.92 Å². The average Bonchev–Trinajstić information content (AvgIpc) is 2.17. The highest BCUT2D eigenvalue weighted by atomic mass is 16.5. The molecule has 2 rings (SSSR count). The van der Waals surface area contributed by atoms with Gasteiger partial charge in [0.25, 0.3) is 0 Å². The molecule has 1 aromatic carbocycles. The first-order valence-electron chi connectivity index (χ1n) is 4.74. The van der Waals surface area contributed by atoms with Crippen molar-refractivity contribution in [2.75, 3.05) is 0 Å². The Bertz CT molecular complexity index is 371. The van der Waals surface area contributed by atoms with Crippen molar-refractivity contribution >= 4 is 5.97 Å². The van der Waals surface area contributed by atoms with Crippen LogP contribution in [0.25, 0.3) is 0 Å². The number of ether oxygens (including phenoxy) is 1. The Balaban J connectivity index is 2.36. The number of phenolic OH excluding ortho intramolecular Hbond substituents is 1. The predicted molar refractivity (Wildman–Crippen MR) is 51.2 cm³/mol. The summed E-state index contributed by atoms with van der Waals surface area (Å²) in [4.78, 5) is 11.4. The SMILES string of the molecule is CCC1Cc2cc(O)ccc2OC1=O. The van der Waals surface area contributed by atoms with Gasteiger partial charge in [0, 0.05) is 0 Å². The smallest absolute Gasteiger partial charge is 0.314 e. The third-order valence-corrected chi connectivity index (χ3v) is 2.55. The lowest BCUT2D eigenvalue weighted by Gasteiger charge is -2.22. The van der Waals surface area contributed by atoms with Gasteiger partial charge in [-0.05, 0) is 36.6 Å². The van der Waals surface area contributed by atoms with Crippen molar-refractivity contribution in [2.45, 2.75) is 19.8 Å². The summed E-state index contributed by atoms with van der Waals surface area (Å²) in [6.45, 7) is 1.96. The predicted octanol–water partition coefficient (Wildman–Crippen LogP) is 1.88. The second-order valence-corrected chi connectivity index (χ2v) is 3.52. The summed E-state index contributed by atoms with van der Waals surface area (Å²) < 4.78 is 5.14. The number of benzene rings is 1. The minimum Gasteiger partial charge on any atom is -0.508 e. The van der Waals surface area contributed by atoms with E-state index in [1.165, 1.54) is 6.07 Å². The van der Waals surface area contributed by atoms with Crippen LogP contribution in [0.15, 0.2) is 18.2 Å². The number of fused-ring (bicyclic) bond motifs is 1. The van der Waals surface area contributed by atoms with Crippen molar-refractivity contribution in [3.63, 3.8) is 0 Å². The third kappa shape index (κ3) is 1.45. The quantitative estimate of drug-likeness (QED) is 0.546. The van der Waals surface area contributed by atoms with Gasteiger partial charge in [-0.1, -0.05) is 6.92 Å². The van der Waals surface area contributed by atoms with Crippen LogP contribution in [0.2, 0.25) is 0 Å². The second kappa shape index (κ2) is 3.33. The first kappa shape index (κ1) is 9.06. The van der Waals surface area contributed by atoms with Crippen LogP contribution >= 0.6 is 0 Å². The van der Waals surface area contributed by atoms with E-state index in [9.17, 15) is 9.90 Å². The molecule has 1 unspecified atom stereocenters. The van der Waals surface area contributed by atoms with Gasteiger partial charge < -0.3 is 9.84 Å². The molecule has 0 bridgehead atoms. The minimum absolute atomic E-state index is 0.0655. The number of hydrogen-bond acceptors (Lipinski definition) is 3.